The van der Waals surface area contributed by atoms with Gasteiger partial charge >= 0.3 is 0 Å². The van der Waals surface area contributed by atoms with Crippen molar-refractivity contribution in [3.05, 3.63) is 87.2 Å². The van der Waals surface area contributed by atoms with Crippen LogP contribution in [0.5, 0.6) is 5.75 Å². The highest BCUT2D eigenvalue weighted by Crippen LogP contribution is 2.33. The van der Waals surface area contributed by atoms with E-state index in [4.69, 9.17) is 27.9 Å². The Morgan fingerprint density at radius 1 is 1.00 bits per heavy atom. The van der Waals surface area contributed by atoms with Crippen LogP contribution in [-0.4, -0.2) is 27.7 Å². The summed E-state index contributed by atoms with van der Waals surface area (Å²) in [4.78, 5) is 13.4. The van der Waals surface area contributed by atoms with Crippen LogP contribution in [0.25, 0.3) is 10.1 Å². The third-order valence-electron chi connectivity index (χ3n) is 5.06. The first-order valence-corrected chi connectivity index (χ1v) is 13.5. The van der Waals surface area contributed by atoms with Gasteiger partial charge in [-0.3, -0.25) is 9.10 Å². The minimum absolute atomic E-state index is 0.160. The number of methoxy groups -OCH3 is 1. The zero-order valence-corrected chi connectivity index (χ0v) is 21.4. The summed E-state index contributed by atoms with van der Waals surface area (Å²) >= 11 is 13.3. The minimum atomic E-state index is -3.56. The number of benzene rings is 3. The smallest absolute Gasteiger partial charge is 0.265 e. The van der Waals surface area contributed by atoms with Gasteiger partial charge in [-0.05, 0) is 65.5 Å². The Labute approximate surface area is 211 Å². The molecule has 1 N–H and O–H groups in total. The van der Waals surface area contributed by atoms with E-state index >= 15 is 0 Å². The van der Waals surface area contributed by atoms with Gasteiger partial charge in [-0.15, -0.1) is 11.3 Å². The zero-order valence-electron chi connectivity index (χ0n) is 18.2. The normalized spacial score (nSPS) is 11.4. The molecule has 0 spiro atoms. The first-order chi connectivity index (χ1) is 16.1. The number of anilines is 2. The Morgan fingerprint density at radius 2 is 1.71 bits per heavy atom. The van der Waals surface area contributed by atoms with Gasteiger partial charge in [0.05, 0.1) is 36.2 Å². The van der Waals surface area contributed by atoms with Crippen LogP contribution in [-0.2, 0) is 16.6 Å². The van der Waals surface area contributed by atoms with Crippen LogP contribution in [0.1, 0.15) is 15.2 Å². The van der Waals surface area contributed by atoms with E-state index in [2.05, 4.69) is 5.32 Å². The van der Waals surface area contributed by atoms with E-state index in [0.29, 0.717) is 32.0 Å². The number of sulfonamides is 1. The van der Waals surface area contributed by atoms with Gasteiger partial charge in [0.2, 0.25) is 10.0 Å². The lowest BCUT2D eigenvalue weighted by Crippen LogP contribution is -2.29. The van der Waals surface area contributed by atoms with Crippen LogP contribution in [0.4, 0.5) is 11.4 Å². The zero-order chi connectivity index (χ0) is 24.5. The third kappa shape index (κ3) is 5.47. The summed E-state index contributed by atoms with van der Waals surface area (Å²) < 4.78 is 32.6. The molecule has 4 aromatic rings. The number of amides is 1. The molecule has 10 heteroatoms. The lowest BCUT2D eigenvalue weighted by atomic mass is 10.2. The molecular formula is C24H20Cl2N2O4S2. The summed E-state index contributed by atoms with van der Waals surface area (Å²) in [7, 11) is -2.05. The monoisotopic (exact) mass is 534 g/mol. The maximum absolute atomic E-state index is 12.9. The number of thiophene rings is 1. The number of carbonyl (C=O) groups excluding carboxylic acids is 1. The highest BCUT2D eigenvalue weighted by Gasteiger charge is 2.20. The number of hydrogen-bond acceptors (Lipinski definition) is 5. The lowest BCUT2D eigenvalue weighted by molar-refractivity contribution is 0.103. The van der Waals surface area contributed by atoms with Crippen molar-refractivity contribution in [1.29, 1.82) is 0 Å². The second kappa shape index (κ2) is 9.84. The van der Waals surface area contributed by atoms with Gasteiger partial charge in [0, 0.05) is 14.7 Å². The molecule has 0 saturated heterocycles. The van der Waals surface area contributed by atoms with Gasteiger partial charge in [0.15, 0.2) is 0 Å². The van der Waals surface area contributed by atoms with Crippen molar-refractivity contribution in [2.75, 3.05) is 23.0 Å². The van der Waals surface area contributed by atoms with Gasteiger partial charge in [-0.1, -0.05) is 35.3 Å². The molecule has 4 rings (SSSR count). The molecule has 0 unspecified atom stereocenters. The van der Waals surface area contributed by atoms with Gasteiger partial charge in [0.25, 0.3) is 5.91 Å². The SMILES string of the molecule is COc1ccc(Cl)cc1NC(=O)c1cc2cc(N(Cc3ccc(Cl)cc3)S(C)(=O)=O)ccc2s1. The Balaban J connectivity index is 1.63. The lowest BCUT2D eigenvalue weighted by Gasteiger charge is -2.22. The maximum atomic E-state index is 12.9. The average Bonchev–Trinajstić information content (AvgIpc) is 3.22. The van der Waals surface area contributed by atoms with Crippen molar-refractivity contribution < 1.29 is 17.9 Å². The van der Waals surface area contributed by atoms with E-state index in [-0.39, 0.29) is 12.5 Å². The quantitative estimate of drug-likeness (QED) is 0.296. The van der Waals surface area contributed by atoms with Crippen molar-refractivity contribution in [3.63, 3.8) is 0 Å². The molecule has 3 aromatic carbocycles. The largest absolute Gasteiger partial charge is 0.495 e. The number of hydrogen-bond donors (Lipinski definition) is 1. The van der Waals surface area contributed by atoms with Crippen LogP contribution >= 0.6 is 34.5 Å². The number of fused-ring (bicyclic) bond motifs is 1. The molecule has 0 aliphatic heterocycles. The molecule has 0 aliphatic carbocycles. The highest BCUT2D eigenvalue weighted by molar-refractivity contribution is 7.92. The van der Waals surface area contributed by atoms with Crippen molar-refractivity contribution in [1.82, 2.24) is 0 Å². The Morgan fingerprint density at radius 3 is 2.38 bits per heavy atom. The fourth-order valence-corrected chi connectivity index (χ4v) is 5.53. The second-order valence-electron chi connectivity index (χ2n) is 7.53. The van der Waals surface area contributed by atoms with Crippen molar-refractivity contribution >= 4 is 71.9 Å². The second-order valence-corrected chi connectivity index (χ2v) is 11.4. The number of ether oxygens (including phenoxy) is 1. The number of rotatable bonds is 7. The topological polar surface area (TPSA) is 75.7 Å². The Kier molecular flexibility index (Phi) is 7.04. The molecular weight excluding hydrogens is 515 g/mol. The number of nitrogens with zero attached hydrogens (tertiary/aromatic N) is 1. The van der Waals surface area contributed by atoms with Crippen LogP contribution in [0.2, 0.25) is 10.0 Å². The van der Waals surface area contributed by atoms with Gasteiger partial charge in [-0.2, -0.15) is 0 Å². The highest BCUT2D eigenvalue weighted by atomic mass is 35.5. The summed E-state index contributed by atoms with van der Waals surface area (Å²) in [6, 6.07) is 19.0. The molecule has 0 bridgehead atoms. The molecule has 0 aliphatic rings. The predicted molar refractivity (Wildman–Crippen MR) is 140 cm³/mol. The van der Waals surface area contributed by atoms with E-state index in [0.717, 1.165) is 21.9 Å². The average molecular weight is 535 g/mol. The van der Waals surface area contributed by atoms with E-state index in [9.17, 15) is 13.2 Å². The van der Waals surface area contributed by atoms with Crippen LogP contribution < -0.4 is 14.4 Å². The number of nitrogens with one attached hydrogen (secondary N) is 1. The van der Waals surface area contributed by atoms with Gasteiger partial charge < -0.3 is 10.1 Å². The Bertz CT molecular complexity index is 1470. The summed E-state index contributed by atoms with van der Waals surface area (Å²) in [5.74, 6) is 0.177. The van der Waals surface area contributed by atoms with E-state index in [1.165, 1.54) is 22.8 Å². The van der Waals surface area contributed by atoms with Gasteiger partial charge in [0.1, 0.15) is 5.75 Å². The minimum Gasteiger partial charge on any atom is -0.495 e. The molecule has 176 valence electrons. The fraction of sp³-hybridized carbons (Fsp3) is 0.125. The van der Waals surface area contributed by atoms with Crippen molar-refractivity contribution in [2.45, 2.75) is 6.54 Å². The first kappa shape index (κ1) is 24.3. The predicted octanol–water partition coefficient (Wildman–Crippen LogP) is 6.44. The van der Waals surface area contributed by atoms with E-state index in [1.54, 1.807) is 60.7 Å². The van der Waals surface area contributed by atoms with E-state index in [1.807, 2.05) is 6.07 Å². The molecule has 0 atom stereocenters. The number of halogens is 2. The molecule has 34 heavy (non-hydrogen) atoms. The number of carbonyl (C=O) groups is 1. The summed E-state index contributed by atoms with van der Waals surface area (Å²) in [6.07, 6.45) is 1.16. The van der Waals surface area contributed by atoms with Gasteiger partial charge in [-0.25, -0.2) is 8.42 Å². The first-order valence-electron chi connectivity index (χ1n) is 10.0. The summed E-state index contributed by atoms with van der Waals surface area (Å²) in [6.45, 7) is 0.160. The molecule has 1 heterocycles. The summed E-state index contributed by atoms with van der Waals surface area (Å²) in [5.41, 5.74) is 1.77. The molecule has 0 saturated carbocycles. The van der Waals surface area contributed by atoms with E-state index < -0.39 is 10.0 Å². The molecule has 1 aromatic heterocycles. The molecule has 6 nitrogen and oxygen atoms in total. The fourth-order valence-electron chi connectivity index (χ4n) is 3.42. The molecule has 0 fully saturated rings. The standard InChI is InChI=1S/C24H20Cl2N2O4S2/c1-32-21-9-7-18(26)13-20(21)27-24(29)23-12-16-11-19(8-10-22(16)33-23)28(34(2,30)31)14-15-3-5-17(25)6-4-15/h3-13H,14H2,1-2H3,(H,27,29). The molecule has 1 amide bonds. The van der Waals surface area contributed by atoms with Crippen molar-refractivity contribution in [3.8, 4) is 5.75 Å². The van der Waals surface area contributed by atoms with Crippen LogP contribution in [0.15, 0.2) is 66.7 Å². The van der Waals surface area contributed by atoms with Crippen molar-refractivity contribution in [2.24, 2.45) is 0 Å². The molecule has 0 radical (unpaired) electrons. The van der Waals surface area contributed by atoms with Crippen LogP contribution in [0.3, 0.4) is 0 Å². The Hall–Kier alpha value is -2.78. The summed E-state index contributed by atoms with van der Waals surface area (Å²) in [5, 5.41) is 4.63. The van der Waals surface area contributed by atoms with Crippen LogP contribution in [0, 0.1) is 0 Å². The maximum Gasteiger partial charge on any atom is 0.265 e. The third-order valence-corrected chi connectivity index (χ3v) is 7.80.